The summed E-state index contributed by atoms with van der Waals surface area (Å²) >= 11 is 13.5. The maximum atomic E-state index is 9.30. The van der Waals surface area contributed by atoms with Crippen LogP contribution < -0.4 is 0 Å². The van der Waals surface area contributed by atoms with E-state index in [9.17, 15) is 5.26 Å². The van der Waals surface area contributed by atoms with Gasteiger partial charge in [-0.3, -0.25) is 4.98 Å². The van der Waals surface area contributed by atoms with E-state index in [-0.39, 0.29) is 0 Å². The van der Waals surface area contributed by atoms with Gasteiger partial charge in [0.2, 0.25) is 0 Å². The van der Waals surface area contributed by atoms with E-state index in [0.29, 0.717) is 15.6 Å². The molecule has 0 atom stereocenters. The lowest BCUT2D eigenvalue weighted by molar-refractivity contribution is 1.30. The van der Waals surface area contributed by atoms with Crippen molar-refractivity contribution in [3.63, 3.8) is 0 Å². The molecular formula is C16H8Cl2N2S. The minimum Gasteiger partial charge on any atom is -0.255 e. The quantitative estimate of drug-likeness (QED) is 0.616. The van der Waals surface area contributed by atoms with Gasteiger partial charge in [0.1, 0.15) is 6.07 Å². The molecule has 21 heavy (non-hydrogen) atoms. The van der Waals surface area contributed by atoms with Crippen molar-refractivity contribution in [3.8, 4) is 6.07 Å². The van der Waals surface area contributed by atoms with Crippen molar-refractivity contribution in [2.45, 2.75) is 9.79 Å². The van der Waals surface area contributed by atoms with Gasteiger partial charge in [-0.05, 0) is 24.3 Å². The molecule has 1 aromatic heterocycles. The maximum Gasteiger partial charge on any atom is 0.102 e. The average molecular weight is 331 g/mol. The average Bonchev–Trinajstić information content (AvgIpc) is 2.51. The number of hydrogen-bond donors (Lipinski definition) is 0. The third-order valence-corrected chi connectivity index (χ3v) is 4.83. The van der Waals surface area contributed by atoms with Crippen LogP contribution in [0.4, 0.5) is 0 Å². The molecule has 0 spiro atoms. The fourth-order valence-electron chi connectivity index (χ4n) is 1.96. The summed E-state index contributed by atoms with van der Waals surface area (Å²) in [5.41, 5.74) is 1.41. The highest BCUT2D eigenvalue weighted by atomic mass is 35.5. The van der Waals surface area contributed by atoms with Crippen LogP contribution in [-0.4, -0.2) is 4.98 Å². The van der Waals surface area contributed by atoms with Gasteiger partial charge in [-0.25, -0.2) is 0 Å². The van der Waals surface area contributed by atoms with Gasteiger partial charge in [0.15, 0.2) is 0 Å². The molecule has 0 radical (unpaired) electrons. The number of para-hydroxylation sites is 1. The van der Waals surface area contributed by atoms with Crippen molar-refractivity contribution in [1.82, 2.24) is 4.98 Å². The van der Waals surface area contributed by atoms with E-state index in [1.807, 2.05) is 30.3 Å². The lowest BCUT2D eigenvalue weighted by Gasteiger charge is -2.08. The minimum atomic E-state index is 0.499. The lowest BCUT2D eigenvalue weighted by atomic mass is 10.2. The standard InChI is InChI=1S/C16H8Cl2N2S/c17-13-6-5-11(7-14(13)18)21-16-10(8-19)9-20-15-4-2-1-3-12(15)16/h1-7,9H. The molecule has 0 saturated heterocycles. The molecule has 0 bridgehead atoms. The van der Waals surface area contributed by atoms with E-state index in [2.05, 4.69) is 11.1 Å². The van der Waals surface area contributed by atoms with Gasteiger partial charge in [0.25, 0.3) is 0 Å². The van der Waals surface area contributed by atoms with Crippen LogP contribution in [-0.2, 0) is 0 Å². The van der Waals surface area contributed by atoms with Crippen LogP contribution in [0.25, 0.3) is 10.9 Å². The van der Waals surface area contributed by atoms with Crippen LogP contribution in [0.2, 0.25) is 10.0 Å². The SMILES string of the molecule is N#Cc1cnc2ccccc2c1Sc1ccc(Cl)c(Cl)c1. The minimum absolute atomic E-state index is 0.499. The molecular weight excluding hydrogens is 323 g/mol. The summed E-state index contributed by atoms with van der Waals surface area (Å²) in [5.74, 6) is 0. The van der Waals surface area contributed by atoms with Crippen LogP contribution >= 0.6 is 35.0 Å². The van der Waals surface area contributed by atoms with Gasteiger partial charge in [-0.2, -0.15) is 5.26 Å². The smallest absolute Gasteiger partial charge is 0.102 e. The van der Waals surface area contributed by atoms with E-state index in [0.717, 1.165) is 20.7 Å². The fraction of sp³-hybridized carbons (Fsp3) is 0. The summed E-state index contributed by atoms with van der Waals surface area (Å²) in [6.07, 6.45) is 1.60. The molecule has 3 aromatic rings. The Morgan fingerprint density at radius 2 is 1.86 bits per heavy atom. The van der Waals surface area contributed by atoms with Crippen LogP contribution in [0.1, 0.15) is 5.56 Å². The Kier molecular flexibility index (Phi) is 4.03. The Bertz CT molecular complexity index is 872. The summed E-state index contributed by atoms with van der Waals surface area (Å²) in [4.78, 5) is 6.11. The zero-order valence-corrected chi connectivity index (χ0v) is 13.0. The second kappa shape index (κ2) is 5.95. The molecule has 5 heteroatoms. The van der Waals surface area contributed by atoms with Crippen molar-refractivity contribution in [3.05, 3.63) is 64.3 Å². The number of hydrogen-bond acceptors (Lipinski definition) is 3. The number of nitrogens with zero attached hydrogens (tertiary/aromatic N) is 2. The van der Waals surface area contributed by atoms with Crippen molar-refractivity contribution >= 4 is 45.9 Å². The summed E-state index contributed by atoms with van der Waals surface area (Å²) in [5, 5.41) is 11.3. The number of benzene rings is 2. The van der Waals surface area contributed by atoms with Crippen molar-refractivity contribution in [2.75, 3.05) is 0 Å². The van der Waals surface area contributed by atoms with Gasteiger partial charge < -0.3 is 0 Å². The molecule has 0 amide bonds. The first-order valence-electron chi connectivity index (χ1n) is 6.10. The molecule has 102 valence electrons. The number of rotatable bonds is 2. The first-order chi connectivity index (χ1) is 10.2. The number of aromatic nitrogens is 1. The van der Waals surface area contributed by atoms with Gasteiger partial charge in [-0.15, -0.1) is 0 Å². The molecule has 0 aliphatic rings. The highest BCUT2D eigenvalue weighted by Crippen LogP contribution is 2.37. The summed E-state index contributed by atoms with van der Waals surface area (Å²) in [6, 6.07) is 15.4. The summed E-state index contributed by atoms with van der Waals surface area (Å²) in [7, 11) is 0. The summed E-state index contributed by atoms with van der Waals surface area (Å²) < 4.78 is 0. The Morgan fingerprint density at radius 3 is 2.62 bits per heavy atom. The molecule has 1 heterocycles. The van der Waals surface area contributed by atoms with Crippen molar-refractivity contribution < 1.29 is 0 Å². The summed E-state index contributed by atoms with van der Waals surface area (Å²) in [6.45, 7) is 0. The van der Waals surface area contributed by atoms with Crippen LogP contribution in [0.5, 0.6) is 0 Å². The zero-order valence-electron chi connectivity index (χ0n) is 10.7. The number of nitriles is 1. The number of pyridine rings is 1. The Hall–Kier alpha value is -1.73. The van der Waals surface area contributed by atoms with E-state index in [1.165, 1.54) is 11.8 Å². The molecule has 0 saturated carbocycles. The molecule has 0 fully saturated rings. The van der Waals surface area contributed by atoms with E-state index in [4.69, 9.17) is 23.2 Å². The van der Waals surface area contributed by atoms with E-state index >= 15 is 0 Å². The van der Waals surface area contributed by atoms with Gasteiger partial charge in [-0.1, -0.05) is 53.2 Å². The van der Waals surface area contributed by atoms with Crippen molar-refractivity contribution in [2.24, 2.45) is 0 Å². The molecule has 0 aliphatic carbocycles. The van der Waals surface area contributed by atoms with Gasteiger partial charge in [0, 0.05) is 21.4 Å². The predicted octanol–water partition coefficient (Wildman–Crippen LogP) is 5.56. The highest BCUT2D eigenvalue weighted by molar-refractivity contribution is 7.99. The van der Waals surface area contributed by atoms with Gasteiger partial charge >= 0.3 is 0 Å². The first-order valence-corrected chi connectivity index (χ1v) is 7.67. The Balaban J connectivity index is 2.14. The predicted molar refractivity (Wildman–Crippen MR) is 87.0 cm³/mol. The molecule has 3 rings (SSSR count). The fourth-order valence-corrected chi connectivity index (χ4v) is 3.37. The van der Waals surface area contributed by atoms with Crippen LogP contribution in [0.15, 0.2) is 58.5 Å². The second-order valence-corrected chi connectivity index (χ2v) is 6.21. The number of fused-ring (bicyclic) bond motifs is 1. The molecule has 0 unspecified atom stereocenters. The topological polar surface area (TPSA) is 36.7 Å². The monoisotopic (exact) mass is 330 g/mol. The van der Waals surface area contributed by atoms with E-state index < -0.39 is 0 Å². The molecule has 0 N–H and O–H groups in total. The highest BCUT2D eigenvalue weighted by Gasteiger charge is 2.11. The second-order valence-electron chi connectivity index (χ2n) is 4.31. The van der Waals surface area contributed by atoms with Crippen LogP contribution in [0.3, 0.4) is 0 Å². The van der Waals surface area contributed by atoms with Gasteiger partial charge in [0.05, 0.1) is 21.1 Å². The largest absolute Gasteiger partial charge is 0.255 e. The number of halogens is 2. The Morgan fingerprint density at radius 1 is 1.05 bits per heavy atom. The first kappa shape index (κ1) is 14.2. The van der Waals surface area contributed by atoms with E-state index in [1.54, 1.807) is 18.3 Å². The molecule has 2 nitrogen and oxygen atoms in total. The third-order valence-electron chi connectivity index (χ3n) is 2.96. The van der Waals surface area contributed by atoms with Crippen LogP contribution in [0, 0.1) is 11.3 Å². The molecule has 2 aromatic carbocycles. The maximum absolute atomic E-state index is 9.30. The lowest BCUT2D eigenvalue weighted by Crippen LogP contribution is -1.88. The third kappa shape index (κ3) is 2.84. The normalized spacial score (nSPS) is 10.5. The molecule has 0 aliphatic heterocycles. The zero-order chi connectivity index (χ0) is 14.8. The Labute approximate surface area is 136 Å². The van der Waals surface area contributed by atoms with Crippen molar-refractivity contribution in [1.29, 1.82) is 5.26 Å².